The summed E-state index contributed by atoms with van der Waals surface area (Å²) in [6.07, 6.45) is 0.531. The highest BCUT2D eigenvalue weighted by Crippen LogP contribution is 2.28. The molecule has 0 saturated carbocycles. The van der Waals surface area contributed by atoms with E-state index in [9.17, 15) is 8.42 Å². The molecule has 0 atom stereocenters. The molecule has 2 aromatic heterocycles. The number of rotatable bonds is 5. The molecular formula is C16H17N3O4S. The van der Waals surface area contributed by atoms with Crippen LogP contribution in [0.4, 0.5) is 0 Å². The van der Waals surface area contributed by atoms with E-state index in [2.05, 4.69) is 20.9 Å². The molecule has 24 heavy (non-hydrogen) atoms. The molecule has 0 spiro atoms. The number of nitrogens with zero attached hydrogens (tertiary/aromatic N) is 2. The van der Waals surface area contributed by atoms with Gasteiger partial charge in [0.05, 0.1) is 5.56 Å². The Bertz CT molecular complexity index is 973. The van der Waals surface area contributed by atoms with Gasteiger partial charge in [0.25, 0.3) is 15.9 Å². The van der Waals surface area contributed by atoms with Crippen molar-refractivity contribution in [3.05, 3.63) is 53.0 Å². The zero-order valence-electron chi connectivity index (χ0n) is 13.5. The van der Waals surface area contributed by atoms with E-state index in [0.717, 1.165) is 11.1 Å². The summed E-state index contributed by atoms with van der Waals surface area (Å²) >= 11 is 0. The standard InChI is InChI=1S/C16H17N3O4S/c1-10-5-4-6-12(7-10)8-14-18-16(23-19-14)13-9-15(22-11(13)2)24(20,21)17-3/h4-7,9,17H,8H2,1-3H3. The average Bonchev–Trinajstić information content (AvgIpc) is 3.14. The van der Waals surface area contributed by atoms with E-state index < -0.39 is 10.0 Å². The Hall–Kier alpha value is -2.45. The maximum absolute atomic E-state index is 11.8. The summed E-state index contributed by atoms with van der Waals surface area (Å²) in [7, 11) is -2.34. The molecule has 0 radical (unpaired) electrons. The number of furan rings is 1. The zero-order chi connectivity index (χ0) is 17.3. The third kappa shape index (κ3) is 3.24. The molecule has 3 rings (SSSR count). The van der Waals surface area contributed by atoms with Crippen molar-refractivity contribution in [3.8, 4) is 11.5 Å². The Kier molecular flexibility index (Phi) is 4.25. The summed E-state index contributed by atoms with van der Waals surface area (Å²) in [4.78, 5) is 4.33. The molecule has 1 aromatic carbocycles. The van der Waals surface area contributed by atoms with Gasteiger partial charge in [-0.2, -0.15) is 4.98 Å². The van der Waals surface area contributed by atoms with Crippen LogP contribution in [0.15, 0.2) is 44.4 Å². The van der Waals surface area contributed by atoms with E-state index in [1.165, 1.54) is 13.1 Å². The second kappa shape index (κ2) is 6.21. The molecule has 0 aliphatic rings. The van der Waals surface area contributed by atoms with Crippen molar-refractivity contribution in [1.29, 1.82) is 0 Å². The maximum atomic E-state index is 11.8. The van der Waals surface area contributed by atoms with E-state index in [4.69, 9.17) is 8.94 Å². The first-order valence-corrected chi connectivity index (χ1v) is 8.80. The molecule has 1 N–H and O–H groups in total. The second-order valence-corrected chi connectivity index (χ2v) is 7.24. The zero-order valence-corrected chi connectivity index (χ0v) is 14.3. The van der Waals surface area contributed by atoms with Gasteiger partial charge in [0.1, 0.15) is 5.76 Å². The van der Waals surface area contributed by atoms with Crippen LogP contribution in [0, 0.1) is 13.8 Å². The van der Waals surface area contributed by atoms with Crippen LogP contribution in [0.5, 0.6) is 0 Å². The molecular weight excluding hydrogens is 330 g/mol. The van der Waals surface area contributed by atoms with Crippen molar-refractivity contribution in [2.75, 3.05) is 7.05 Å². The van der Waals surface area contributed by atoms with Gasteiger partial charge in [0.2, 0.25) is 5.09 Å². The van der Waals surface area contributed by atoms with Gasteiger partial charge < -0.3 is 8.94 Å². The van der Waals surface area contributed by atoms with Crippen molar-refractivity contribution in [1.82, 2.24) is 14.9 Å². The summed E-state index contributed by atoms with van der Waals surface area (Å²) < 4.78 is 36.4. The number of nitrogens with one attached hydrogen (secondary N) is 1. The first-order valence-electron chi connectivity index (χ1n) is 7.31. The van der Waals surface area contributed by atoms with E-state index in [1.807, 2.05) is 25.1 Å². The number of hydrogen-bond donors (Lipinski definition) is 1. The molecule has 3 aromatic rings. The minimum absolute atomic E-state index is 0.184. The first-order chi connectivity index (χ1) is 11.4. The predicted molar refractivity (Wildman–Crippen MR) is 87.0 cm³/mol. The summed E-state index contributed by atoms with van der Waals surface area (Å²) in [5.41, 5.74) is 2.69. The van der Waals surface area contributed by atoms with Crippen molar-refractivity contribution >= 4 is 10.0 Å². The highest BCUT2D eigenvalue weighted by Gasteiger charge is 2.22. The molecule has 0 aliphatic heterocycles. The number of sulfonamides is 1. The minimum Gasteiger partial charge on any atom is -0.448 e. The van der Waals surface area contributed by atoms with Gasteiger partial charge in [0.15, 0.2) is 5.82 Å². The normalized spacial score (nSPS) is 11.8. The van der Waals surface area contributed by atoms with Crippen molar-refractivity contribution < 1.29 is 17.4 Å². The van der Waals surface area contributed by atoms with Gasteiger partial charge in [-0.05, 0) is 26.5 Å². The maximum Gasteiger partial charge on any atom is 0.273 e. The van der Waals surface area contributed by atoms with Gasteiger partial charge in [-0.15, -0.1) is 0 Å². The van der Waals surface area contributed by atoms with Crippen LogP contribution < -0.4 is 4.72 Å². The SMILES string of the molecule is CNS(=O)(=O)c1cc(-c2nc(Cc3cccc(C)c3)no2)c(C)o1. The largest absolute Gasteiger partial charge is 0.448 e. The smallest absolute Gasteiger partial charge is 0.273 e. The predicted octanol–water partition coefficient (Wildman–Crippen LogP) is 2.45. The summed E-state index contributed by atoms with van der Waals surface area (Å²) in [6.45, 7) is 3.66. The Labute approximate surface area is 139 Å². The van der Waals surface area contributed by atoms with Gasteiger partial charge in [-0.25, -0.2) is 13.1 Å². The van der Waals surface area contributed by atoms with Crippen LogP contribution in [-0.2, 0) is 16.4 Å². The lowest BCUT2D eigenvalue weighted by molar-refractivity contribution is 0.416. The molecule has 0 saturated heterocycles. The van der Waals surface area contributed by atoms with Gasteiger partial charge in [-0.1, -0.05) is 35.0 Å². The number of hydrogen-bond acceptors (Lipinski definition) is 6. The second-order valence-electron chi connectivity index (χ2n) is 5.42. The van der Waals surface area contributed by atoms with Crippen LogP contribution in [0.3, 0.4) is 0 Å². The number of aromatic nitrogens is 2. The molecule has 7 nitrogen and oxygen atoms in total. The average molecular weight is 347 g/mol. The minimum atomic E-state index is -3.66. The fourth-order valence-corrected chi connectivity index (χ4v) is 3.05. The Balaban J connectivity index is 1.88. The molecule has 8 heteroatoms. The fraction of sp³-hybridized carbons (Fsp3) is 0.250. The lowest BCUT2D eigenvalue weighted by Gasteiger charge is -1.97. The third-order valence-electron chi connectivity index (χ3n) is 3.57. The quantitative estimate of drug-likeness (QED) is 0.761. The van der Waals surface area contributed by atoms with Gasteiger partial charge >= 0.3 is 0 Å². The Morgan fingerprint density at radius 1 is 1.21 bits per heavy atom. The van der Waals surface area contributed by atoms with Crippen LogP contribution in [-0.4, -0.2) is 25.6 Å². The number of aryl methyl sites for hydroxylation is 2. The number of benzene rings is 1. The van der Waals surface area contributed by atoms with E-state index >= 15 is 0 Å². The van der Waals surface area contributed by atoms with Gasteiger partial charge in [0, 0.05) is 12.5 Å². The van der Waals surface area contributed by atoms with Crippen LogP contribution in [0.1, 0.15) is 22.7 Å². The van der Waals surface area contributed by atoms with Crippen LogP contribution >= 0.6 is 0 Å². The highest BCUT2D eigenvalue weighted by atomic mass is 32.2. The fourth-order valence-electron chi connectivity index (χ4n) is 2.34. The van der Waals surface area contributed by atoms with E-state index in [-0.39, 0.29) is 11.0 Å². The lowest BCUT2D eigenvalue weighted by atomic mass is 10.1. The van der Waals surface area contributed by atoms with Crippen molar-refractivity contribution in [2.45, 2.75) is 25.4 Å². The highest BCUT2D eigenvalue weighted by molar-refractivity contribution is 7.89. The summed E-state index contributed by atoms with van der Waals surface area (Å²) in [5.74, 6) is 1.15. The molecule has 126 valence electrons. The topological polar surface area (TPSA) is 98.2 Å². The molecule has 0 fully saturated rings. The molecule has 0 amide bonds. The van der Waals surface area contributed by atoms with Crippen molar-refractivity contribution in [2.24, 2.45) is 0 Å². The molecule has 2 heterocycles. The third-order valence-corrected chi connectivity index (χ3v) is 4.84. The molecule has 0 bridgehead atoms. The summed E-state index contributed by atoms with van der Waals surface area (Å²) in [5, 5.41) is 3.77. The molecule has 0 unspecified atom stereocenters. The Morgan fingerprint density at radius 2 is 2.00 bits per heavy atom. The summed E-state index contributed by atoms with van der Waals surface area (Å²) in [6, 6.07) is 9.41. The molecule has 0 aliphatic carbocycles. The Morgan fingerprint density at radius 3 is 2.71 bits per heavy atom. The van der Waals surface area contributed by atoms with E-state index in [1.54, 1.807) is 6.92 Å². The van der Waals surface area contributed by atoms with E-state index in [0.29, 0.717) is 23.6 Å². The lowest BCUT2D eigenvalue weighted by Crippen LogP contribution is -2.17. The van der Waals surface area contributed by atoms with Crippen molar-refractivity contribution in [3.63, 3.8) is 0 Å². The van der Waals surface area contributed by atoms with Gasteiger partial charge in [-0.3, -0.25) is 0 Å². The van der Waals surface area contributed by atoms with Crippen LogP contribution in [0.25, 0.3) is 11.5 Å². The first kappa shape index (κ1) is 16.4. The van der Waals surface area contributed by atoms with Crippen LogP contribution in [0.2, 0.25) is 0 Å². The monoisotopic (exact) mass is 347 g/mol.